The minimum Gasteiger partial charge on any atom is -0.382 e. The second-order valence-corrected chi connectivity index (χ2v) is 9.06. The maximum Gasteiger partial charge on any atom is 0.322 e. The standard InChI is InChI=1S/C25H24F2N4O5/c1-36-12-20-17-4-2-13(22(26)27)8-14(17)11-31(20)25(35)28-16-3-5-18-15(9-16)10-30(24(18)34)19-6-7-21(32)29-23(19)33/h2-5,8-9,19-20,22H,6-7,10-12H2,1H3,(H,28,35)(H,29,32,33). The molecule has 0 bridgehead atoms. The minimum atomic E-state index is -2.60. The predicted octanol–water partition coefficient (Wildman–Crippen LogP) is 3.12. The number of benzene rings is 2. The molecule has 0 spiro atoms. The molecule has 188 valence electrons. The van der Waals surface area contributed by atoms with Gasteiger partial charge in [-0.15, -0.1) is 0 Å². The van der Waals surface area contributed by atoms with Crippen molar-refractivity contribution in [3.05, 3.63) is 64.2 Å². The van der Waals surface area contributed by atoms with E-state index in [2.05, 4.69) is 10.6 Å². The average Bonchev–Trinajstić information content (AvgIpc) is 3.36. The number of amides is 5. The Morgan fingerprint density at radius 1 is 1.14 bits per heavy atom. The van der Waals surface area contributed by atoms with Crippen LogP contribution in [-0.2, 0) is 27.4 Å². The van der Waals surface area contributed by atoms with Crippen molar-refractivity contribution in [1.29, 1.82) is 0 Å². The number of fused-ring (bicyclic) bond motifs is 2. The number of methoxy groups -OCH3 is 1. The monoisotopic (exact) mass is 498 g/mol. The Morgan fingerprint density at radius 2 is 1.94 bits per heavy atom. The molecule has 3 heterocycles. The van der Waals surface area contributed by atoms with Crippen LogP contribution in [0.5, 0.6) is 0 Å². The van der Waals surface area contributed by atoms with Crippen molar-refractivity contribution in [3.63, 3.8) is 0 Å². The Balaban J connectivity index is 1.32. The van der Waals surface area contributed by atoms with Crippen molar-refractivity contribution in [1.82, 2.24) is 15.1 Å². The molecule has 0 aromatic heterocycles. The first-order chi connectivity index (χ1) is 17.3. The summed E-state index contributed by atoms with van der Waals surface area (Å²) in [7, 11) is 1.51. The molecule has 1 fully saturated rings. The highest BCUT2D eigenvalue weighted by atomic mass is 19.3. The Hall–Kier alpha value is -3.86. The zero-order chi connectivity index (χ0) is 25.6. The lowest BCUT2D eigenvalue weighted by molar-refractivity contribution is -0.136. The third kappa shape index (κ3) is 4.19. The summed E-state index contributed by atoms with van der Waals surface area (Å²) in [5, 5.41) is 5.10. The molecule has 36 heavy (non-hydrogen) atoms. The molecule has 3 aliphatic heterocycles. The molecular formula is C25H24F2N4O5. The number of hydrogen-bond acceptors (Lipinski definition) is 5. The second-order valence-electron chi connectivity index (χ2n) is 9.06. The van der Waals surface area contributed by atoms with Crippen molar-refractivity contribution < 1.29 is 32.7 Å². The van der Waals surface area contributed by atoms with Gasteiger partial charge in [-0.05, 0) is 47.4 Å². The molecular weight excluding hydrogens is 474 g/mol. The second kappa shape index (κ2) is 9.30. The summed E-state index contributed by atoms with van der Waals surface area (Å²) in [6.45, 7) is 0.540. The molecule has 0 saturated carbocycles. The van der Waals surface area contributed by atoms with E-state index in [1.165, 1.54) is 29.0 Å². The van der Waals surface area contributed by atoms with Gasteiger partial charge in [0.25, 0.3) is 12.3 Å². The molecule has 2 aromatic rings. The first kappa shape index (κ1) is 23.9. The van der Waals surface area contributed by atoms with Gasteiger partial charge < -0.3 is 19.9 Å². The normalized spacial score (nSPS) is 21.1. The van der Waals surface area contributed by atoms with Gasteiger partial charge in [0.05, 0.1) is 12.6 Å². The molecule has 11 heteroatoms. The molecule has 5 amide bonds. The number of halogens is 2. The van der Waals surface area contributed by atoms with Crippen LogP contribution in [0.25, 0.3) is 0 Å². The summed E-state index contributed by atoms with van der Waals surface area (Å²) in [6.07, 6.45) is -2.18. The summed E-state index contributed by atoms with van der Waals surface area (Å²) in [5.41, 5.74) is 2.85. The van der Waals surface area contributed by atoms with E-state index in [0.29, 0.717) is 22.4 Å². The number of ether oxygens (including phenoxy) is 1. The predicted molar refractivity (Wildman–Crippen MR) is 123 cm³/mol. The highest BCUT2D eigenvalue weighted by molar-refractivity contribution is 6.05. The van der Waals surface area contributed by atoms with Gasteiger partial charge in [0.15, 0.2) is 0 Å². The molecule has 2 atom stereocenters. The summed E-state index contributed by atoms with van der Waals surface area (Å²) < 4.78 is 31.6. The summed E-state index contributed by atoms with van der Waals surface area (Å²) in [6, 6.07) is 7.68. The fraction of sp³-hybridized carbons (Fsp3) is 0.360. The number of hydrogen-bond donors (Lipinski definition) is 2. The fourth-order valence-corrected chi connectivity index (χ4v) is 5.08. The number of nitrogens with zero attached hydrogens (tertiary/aromatic N) is 2. The van der Waals surface area contributed by atoms with Gasteiger partial charge in [-0.25, -0.2) is 13.6 Å². The third-order valence-electron chi connectivity index (χ3n) is 6.86. The van der Waals surface area contributed by atoms with Crippen LogP contribution in [0.3, 0.4) is 0 Å². The van der Waals surface area contributed by atoms with E-state index >= 15 is 0 Å². The highest BCUT2D eigenvalue weighted by Crippen LogP contribution is 2.37. The number of carbonyl (C=O) groups excluding carboxylic acids is 4. The van der Waals surface area contributed by atoms with Crippen LogP contribution in [0.15, 0.2) is 36.4 Å². The van der Waals surface area contributed by atoms with E-state index in [0.717, 1.165) is 5.56 Å². The summed E-state index contributed by atoms with van der Waals surface area (Å²) in [4.78, 5) is 52.7. The van der Waals surface area contributed by atoms with Crippen LogP contribution in [0.1, 0.15) is 57.9 Å². The smallest absolute Gasteiger partial charge is 0.322 e. The molecule has 3 aliphatic rings. The number of nitrogens with one attached hydrogen (secondary N) is 2. The van der Waals surface area contributed by atoms with E-state index in [4.69, 9.17) is 4.74 Å². The van der Waals surface area contributed by atoms with Gasteiger partial charge in [-0.1, -0.05) is 12.1 Å². The van der Waals surface area contributed by atoms with E-state index in [1.54, 1.807) is 24.3 Å². The zero-order valence-corrected chi connectivity index (χ0v) is 19.4. The van der Waals surface area contributed by atoms with Gasteiger partial charge >= 0.3 is 6.03 Å². The first-order valence-corrected chi connectivity index (χ1v) is 11.5. The Bertz CT molecular complexity index is 1270. The molecule has 2 N–H and O–H groups in total. The highest BCUT2D eigenvalue weighted by Gasteiger charge is 2.39. The maximum atomic E-state index is 13.2. The molecule has 9 nitrogen and oxygen atoms in total. The molecule has 2 unspecified atom stereocenters. The van der Waals surface area contributed by atoms with Crippen molar-refractivity contribution >= 4 is 29.4 Å². The van der Waals surface area contributed by atoms with Gasteiger partial charge in [-0.3, -0.25) is 19.7 Å². The topological polar surface area (TPSA) is 108 Å². The lowest BCUT2D eigenvalue weighted by Gasteiger charge is -2.29. The third-order valence-corrected chi connectivity index (χ3v) is 6.86. The Morgan fingerprint density at radius 3 is 2.67 bits per heavy atom. The van der Waals surface area contributed by atoms with Crippen molar-refractivity contribution in [2.24, 2.45) is 0 Å². The molecule has 0 radical (unpaired) electrons. The van der Waals surface area contributed by atoms with E-state index in [1.807, 2.05) is 0 Å². The van der Waals surface area contributed by atoms with Crippen LogP contribution < -0.4 is 10.6 Å². The lowest BCUT2D eigenvalue weighted by Crippen LogP contribution is -2.52. The van der Waals surface area contributed by atoms with E-state index in [-0.39, 0.29) is 49.9 Å². The number of carbonyl (C=O) groups is 4. The minimum absolute atomic E-state index is 0.101. The lowest BCUT2D eigenvalue weighted by atomic mass is 10.0. The Kier molecular flexibility index (Phi) is 6.17. The van der Waals surface area contributed by atoms with Crippen molar-refractivity contribution in [2.75, 3.05) is 19.0 Å². The number of piperidine rings is 1. The van der Waals surface area contributed by atoms with E-state index < -0.39 is 30.4 Å². The van der Waals surface area contributed by atoms with Gasteiger partial charge in [-0.2, -0.15) is 0 Å². The number of alkyl halides is 2. The first-order valence-electron chi connectivity index (χ1n) is 11.5. The van der Waals surface area contributed by atoms with E-state index in [9.17, 15) is 28.0 Å². The fourth-order valence-electron chi connectivity index (χ4n) is 5.08. The quantitative estimate of drug-likeness (QED) is 0.616. The van der Waals surface area contributed by atoms with Crippen LogP contribution in [-0.4, -0.2) is 53.3 Å². The maximum absolute atomic E-state index is 13.2. The average molecular weight is 498 g/mol. The van der Waals surface area contributed by atoms with Crippen LogP contribution in [0.4, 0.5) is 19.3 Å². The molecule has 0 aliphatic carbocycles. The molecule has 2 aromatic carbocycles. The number of rotatable bonds is 5. The van der Waals surface area contributed by atoms with Gasteiger partial charge in [0, 0.05) is 43.4 Å². The van der Waals surface area contributed by atoms with Gasteiger partial charge in [0.2, 0.25) is 11.8 Å². The summed E-state index contributed by atoms with van der Waals surface area (Å²) in [5.74, 6) is -1.15. The van der Waals surface area contributed by atoms with Gasteiger partial charge in [0.1, 0.15) is 6.04 Å². The largest absolute Gasteiger partial charge is 0.382 e. The summed E-state index contributed by atoms with van der Waals surface area (Å²) >= 11 is 0. The Labute approximate surface area is 205 Å². The van der Waals surface area contributed by atoms with Crippen molar-refractivity contribution in [2.45, 2.75) is 44.4 Å². The van der Waals surface area contributed by atoms with Crippen LogP contribution in [0.2, 0.25) is 0 Å². The zero-order valence-electron chi connectivity index (χ0n) is 19.4. The SMILES string of the molecule is COCC1c2ccc(C(F)F)cc2CN1C(=O)Nc1ccc2c(c1)CN(C1CCC(=O)NC1=O)C2=O. The van der Waals surface area contributed by atoms with Crippen molar-refractivity contribution in [3.8, 4) is 0 Å². The number of urea groups is 1. The van der Waals surface area contributed by atoms with Crippen LogP contribution >= 0.6 is 0 Å². The number of imide groups is 1. The molecule has 5 rings (SSSR count). The number of anilines is 1. The van der Waals surface area contributed by atoms with Crippen LogP contribution in [0, 0.1) is 0 Å². The molecule has 1 saturated heterocycles.